The second kappa shape index (κ2) is 8.24. The third kappa shape index (κ3) is 5.03. The van der Waals surface area contributed by atoms with Crippen molar-refractivity contribution in [3.63, 3.8) is 0 Å². The molecule has 2 rings (SSSR count). The lowest BCUT2D eigenvalue weighted by atomic mass is 9.89. The standard InChI is InChI=1S/C18H25FN2O3/c1-12-9-15(18(23)24)11-21(10-12)13(2)17(22)20-8-7-14-3-5-16(19)6-4-14/h3-6,12-13,15H,7-11H2,1-2H3,(H,20,22)(H,23,24). The lowest BCUT2D eigenvalue weighted by Crippen LogP contribution is -2.52. The van der Waals surface area contributed by atoms with E-state index < -0.39 is 11.9 Å². The summed E-state index contributed by atoms with van der Waals surface area (Å²) in [6, 6.07) is 5.86. The highest BCUT2D eigenvalue weighted by atomic mass is 19.1. The normalized spacial score (nSPS) is 22.8. The van der Waals surface area contributed by atoms with Crippen LogP contribution in [0.15, 0.2) is 24.3 Å². The van der Waals surface area contributed by atoms with Crippen molar-refractivity contribution in [3.8, 4) is 0 Å². The van der Waals surface area contributed by atoms with Crippen molar-refractivity contribution in [1.29, 1.82) is 0 Å². The van der Waals surface area contributed by atoms with Gasteiger partial charge in [-0.05, 0) is 43.4 Å². The number of likely N-dealkylation sites (tertiary alicyclic amines) is 1. The summed E-state index contributed by atoms with van der Waals surface area (Å²) in [4.78, 5) is 25.5. The average Bonchev–Trinajstić information content (AvgIpc) is 2.55. The van der Waals surface area contributed by atoms with Crippen molar-refractivity contribution in [2.24, 2.45) is 11.8 Å². The van der Waals surface area contributed by atoms with Crippen molar-refractivity contribution < 1.29 is 19.1 Å². The number of carbonyl (C=O) groups excluding carboxylic acids is 1. The first-order chi connectivity index (χ1) is 11.4. The molecule has 0 aliphatic carbocycles. The van der Waals surface area contributed by atoms with Crippen LogP contribution in [0.5, 0.6) is 0 Å². The summed E-state index contributed by atoms with van der Waals surface area (Å²) in [6.45, 7) is 5.44. The smallest absolute Gasteiger partial charge is 0.307 e. The molecule has 1 aromatic carbocycles. The second-order valence-electron chi connectivity index (χ2n) is 6.67. The Hall–Kier alpha value is -1.95. The fourth-order valence-electron chi connectivity index (χ4n) is 3.18. The fourth-order valence-corrected chi connectivity index (χ4v) is 3.18. The minimum atomic E-state index is -0.796. The third-order valence-corrected chi connectivity index (χ3v) is 4.59. The molecule has 1 aliphatic rings. The number of hydrogen-bond donors (Lipinski definition) is 2. The molecule has 0 radical (unpaired) electrons. The minimum Gasteiger partial charge on any atom is -0.481 e. The summed E-state index contributed by atoms with van der Waals surface area (Å²) < 4.78 is 12.9. The molecule has 24 heavy (non-hydrogen) atoms. The van der Waals surface area contributed by atoms with Gasteiger partial charge < -0.3 is 10.4 Å². The largest absolute Gasteiger partial charge is 0.481 e. The fraction of sp³-hybridized carbons (Fsp3) is 0.556. The van der Waals surface area contributed by atoms with E-state index in [0.29, 0.717) is 25.9 Å². The van der Waals surface area contributed by atoms with Crippen molar-refractivity contribution >= 4 is 11.9 Å². The molecule has 0 bridgehead atoms. The number of halogens is 1. The van der Waals surface area contributed by atoms with Crippen LogP contribution in [0.2, 0.25) is 0 Å². The molecule has 6 heteroatoms. The van der Waals surface area contributed by atoms with Crippen LogP contribution in [0.25, 0.3) is 0 Å². The molecule has 3 unspecified atom stereocenters. The molecule has 132 valence electrons. The van der Waals surface area contributed by atoms with Crippen LogP contribution in [-0.4, -0.2) is 47.6 Å². The number of amides is 1. The molecular weight excluding hydrogens is 311 g/mol. The average molecular weight is 336 g/mol. The molecule has 1 heterocycles. The Bertz CT molecular complexity index is 576. The highest BCUT2D eigenvalue weighted by Crippen LogP contribution is 2.23. The van der Waals surface area contributed by atoms with E-state index in [9.17, 15) is 19.1 Å². The molecule has 0 saturated carbocycles. The van der Waals surface area contributed by atoms with Crippen LogP contribution in [0.1, 0.15) is 25.8 Å². The molecule has 1 fully saturated rings. The van der Waals surface area contributed by atoms with Gasteiger partial charge in [-0.15, -0.1) is 0 Å². The highest BCUT2D eigenvalue weighted by Gasteiger charge is 2.33. The van der Waals surface area contributed by atoms with E-state index in [1.165, 1.54) is 12.1 Å². The summed E-state index contributed by atoms with van der Waals surface area (Å²) in [5.74, 6) is -1.33. The SMILES string of the molecule is CC1CC(C(=O)O)CN(C(C)C(=O)NCCc2ccc(F)cc2)C1. The van der Waals surface area contributed by atoms with E-state index in [4.69, 9.17) is 0 Å². The van der Waals surface area contributed by atoms with Gasteiger partial charge in [-0.25, -0.2) is 4.39 Å². The van der Waals surface area contributed by atoms with Gasteiger partial charge in [0, 0.05) is 19.6 Å². The zero-order valence-corrected chi connectivity index (χ0v) is 14.2. The van der Waals surface area contributed by atoms with E-state index in [1.807, 2.05) is 18.7 Å². The maximum Gasteiger partial charge on any atom is 0.307 e. The van der Waals surface area contributed by atoms with Gasteiger partial charge in [-0.1, -0.05) is 19.1 Å². The van der Waals surface area contributed by atoms with Crippen molar-refractivity contribution in [2.45, 2.75) is 32.7 Å². The van der Waals surface area contributed by atoms with Gasteiger partial charge in [0.25, 0.3) is 0 Å². The maximum atomic E-state index is 12.9. The Morgan fingerprint density at radius 1 is 1.33 bits per heavy atom. The summed E-state index contributed by atoms with van der Waals surface area (Å²) in [6.07, 6.45) is 1.29. The number of carboxylic acid groups (broad SMARTS) is 1. The van der Waals surface area contributed by atoms with Gasteiger partial charge >= 0.3 is 5.97 Å². The summed E-state index contributed by atoms with van der Waals surface area (Å²) in [5, 5.41) is 12.1. The first kappa shape index (κ1) is 18.4. The van der Waals surface area contributed by atoms with E-state index >= 15 is 0 Å². The molecule has 3 atom stereocenters. The Morgan fingerprint density at radius 2 is 2.00 bits per heavy atom. The molecule has 0 spiro atoms. The Labute approximate surface area is 141 Å². The number of benzene rings is 1. The molecular formula is C18H25FN2O3. The number of carboxylic acids is 1. The van der Waals surface area contributed by atoms with Gasteiger partial charge in [-0.3, -0.25) is 14.5 Å². The van der Waals surface area contributed by atoms with Crippen molar-refractivity contribution in [2.75, 3.05) is 19.6 Å². The zero-order valence-electron chi connectivity index (χ0n) is 14.2. The number of rotatable bonds is 6. The van der Waals surface area contributed by atoms with Crippen molar-refractivity contribution in [3.05, 3.63) is 35.6 Å². The van der Waals surface area contributed by atoms with Crippen LogP contribution in [-0.2, 0) is 16.0 Å². The first-order valence-electron chi connectivity index (χ1n) is 8.36. The lowest BCUT2D eigenvalue weighted by Gasteiger charge is -2.37. The number of carbonyl (C=O) groups is 2. The number of aliphatic carboxylic acids is 1. The summed E-state index contributed by atoms with van der Waals surface area (Å²) in [7, 11) is 0. The first-order valence-corrected chi connectivity index (χ1v) is 8.36. The van der Waals surface area contributed by atoms with E-state index in [1.54, 1.807) is 12.1 Å². The van der Waals surface area contributed by atoms with Crippen LogP contribution in [0.4, 0.5) is 4.39 Å². The highest BCUT2D eigenvalue weighted by molar-refractivity contribution is 5.81. The molecule has 1 aromatic rings. The molecule has 1 amide bonds. The van der Waals surface area contributed by atoms with Crippen LogP contribution < -0.4 is 5.32 Å². The van der Waals surface area contributed by atoms with Gasteiger partial charge in [0.1, 0.15) is 5.82 Å². The zero-order chi connectivity index (χ0) is 17.7. The van der Waals surface area contributed by atoms with Crippen LogP contribution >= 0.6 is 0 Å². The molecule has 1 saturated heterocycles. The quantitative estimate of drug-likeness (QED) is 0.833. The van der Waals surface area contributed by atoms with Gasteiger partial charge in [0.15, 0.2) is 0 Å². The van der Waals surface area contributed by atoms with Gasteiger partial charge in [-0.2, -0.15) is 0 Å². The Balaban J connectivity index is 1.82. The number of nitrogens with one attached hydrogen (secondary N) is 1. The van der Waals surface area contributed by atoms with E-state index in [2.05, 4.69) is 5.32 Å². The third-order valence-electron chi connectivity index (χ3n) is 4.59. The predicted octanol–water partition coefficient (Wildman–Crippen LogP) is 1.92. The lowest BCUT2D eigenvalue weighted by molar-refractivity contribution is -0.146. The van der Waals surface area contributed by atoms with E-state index in [0.717, 1.165) is 12.1 Å². The van der Waals surface area contributed by atoms with Gasteiger partial charge in [0.2, 0.25) is 5.91 Å². The maximum absolute atomic E-state index is 12.9. The molecule has 5 nitrogen and oxygen atoms in total. The molecule has 0 aromatic heterocycles. The topological polar surface area (TPSA) is 69.6 Å². The number of nitrogens with zero attached hydrogens (tertiary/aromatic N) is 1. The van der Waals surface area contributed by atoms with Crippen LogP contribution in [0.3, 0.4) is 0 Å². The minimum absolute atomic E-state index is 0.102. The van der Waals surface area contributed by atoms with Crippen LogP contribution in [0, 0.1) is 17.7 Å². The van der Waals surface area contributed by atoms with E-state index in [-0.39, 0.29) is 23.7 Å². The monoisotopic (exact) mass is 336 g/mol. The summed E-state index contributed by atoms with van der Waals surface area (Å²) in [5.41, 5.74) is 0.960. The number of piperidine rings is 1. The Morgan fingerprint density at radius 3 is 2.62 bits per heavy atom. The van der Waals surface area contributed by atoms with Crippen molar-refractivity contribution in [1.82, 2.24) is 10.2 Å². The predicted molar refractivity (Wildman–Crippen MR) is 89.1 cm³/mol. The molecule has 2 N–H and O–H groups in total. The summed E-state index contributed by atoms with van der Waals surface area (Å²) >= 11 is 0. The van der Waals surface area contributed by atoms with Gasteiger partial charge in [0.05, 0.1) is 12.0 Å². The second-order valence-corrected chi connectivity index (χ2v) is 6.67. The molecule has 1 aliphatic heterocycles. The Kier molecular flexibility index (Phi) is 6.31. The number of hydrogen-bond acceptors (Lipinski definition) is 3.